The van der Waals surface area contributed by atoms with Crippen LogP contribution in [0.1, 0.15) is 0 Å². The van der Waals surface area contributed by atoms with Gasteiger partial charge in [0.1, 0.15) is 23.6 Å². The highest BCUT2D eigenvalue weighted by atomic mass is 35.5. The second kappa shape index (κ2) is 6.90. The maximum absolute atomic E-state index is 8.65. The molecule has 0 aliphatic rings. The molecular weight excluding hydrogens is 290 g/mol. The van der Waals surface area contributed by atoms with E-state index < -0.39 is 0 Å². The first-order chi connectivity index (χ1) is 10.2. The van der Waals surface area contributed by atoms with Gasteiger partial charge in [0, 0.05) is 11.2 Å². The Balaban J connectivity index is 2.28. The summed E-state index contributed by atoms with van der Waals surface area (Å²) in [6.45, 7) is 0. The lowest BCUT2D eigenvalue weighted by molar-refractivity contribution is 0.482. The summed E-state index contributed by atoms with van der Waals surface area (Å²) in [5.74, 6) is 0.971. The fourth-order valence-electron chi connectivity index (χ4n) is 1.40. The van der Waals surface area contributed by atoms with Crippen LogP contribution in [0.15, 0.2) is 47.8 Å². The largest absolute Gasteiger partial charge is 0.454 e. The van der Waals surface area contributed by atoms with E-state index in [-0.39, 0.29) is 5.71 Å². The molecule has 0 bridgehead atoms. The third-order valence-electron chi connectivity index (χ3n) is 2.30. The molecule has 0 saturated carbocycles. The van der Waals surface area contributed by atoms with Gasteiger partial charge in [-0.1, -0.05) is 11.6 Å². The van der Waals surface area contributed by atoms with E-state index in [0.29, 0.717) is 22.2 Å². The van der Waals surface area contributed by atoms with Gasteiger partial charge in [0.15, 0.2) is 5.75 Å². The van der Waals surface area contributed by atoms with Gasteiger partial charge in [-0.3, -0.25) is 10.4 Å². The summed E-state index contributed by atoms with van der Waals surface area (Å²) in [7, 11) is 0. The van der Waals surface area contributed by atoms with Crippen molar-refractivity contribution in [3.05, 3.63) is 47.7 Å². The molecule has 7 heteroatoms. The summed E-state index contributed by atoms with van der Waals surface area (Å²) in [6, 6.07) is 11.6. The van der Waals surface area contributed by atoms with Gasteiger partial charge in [0.05, 0.1) is 6.20 Å². The summed E-state index contributed by atoms with van der Waals surface area (Å²) in [4.78, 5) is 3.94. The van der Waals surface area contributed by atoms with Crippen molar-refractivity contribution in [1.29, 1.82) is 10.5 Å². The fourth-order valence-corrected chi connectivity index (χ4v) is 1.58. The molecule has 6 nitrogen and oxygen atoms in total. The summed E-state index contributed by atoms with van der Waals surface area (Å²) >= 11 is 5.92. The Bertz CT molecular complexity index is 730. The van der Waals surface area contributed by atoms with Crippen molar-refractivity contribution in [1.82, 2.24) is 4.98 Å². The average molecular weight is 298 g/mol. The lowest BCUT2D eigenvalue weighted by atomic mass is 10.3. The molecule has 102 valence electrons. The number of benzene rings is 1. The average Bonchev–Trinajstić information content (AvgIpc) is 2.52. The van der Waals surface area contributed by atoms with Crippen LogP contribution in [0.2, 0.25) is 5.02 Å². The monoisotopic (exact) mass is 297 g/mol. The van der Waals surface area contributed by atoms with Crippen LogP contribution in [0.3, 0.4) is 0 Å². The molecule has 0 fully saturated rings. The Labute approximate surface area is 125 Å². The zero-order chi connectivity index (χ0) is 15.1. The van der Waals surface area contributed by atoms with Crippen LogP contribution in [0.5, 0.6) is 11.5 Å². The molecule has 1 heterocycles. The number of nitriles is 2. The van der Waals surface area contributed by atoms with Crippen molar-refractivity contribution in [3.63, 3.8) is 0 Å². The number of nitrogens with one attached hydrogen (secondary N) is 1. The van der Waals surface area contributed by atoms with Gasteiger partial charge >= 0.3 is 0 Å². The second-order valence-corrected chi connectivity index (χ2v) is 4.16. The van der Waals surface area contributed by atoms with Gasteiger partial charge in [-0.05, 0) is 30.3 Å². The summed E-state index contributed by atoms with van der Waals surface area (Å²) in [6.07, 6.45) is 3.18. The minimum atomic E-state index is -0.303. The van der Waals surface area contributed by atoms with Crippen LogP contribution in [0.4, 0.5) is 5.69 Å². The van der Waals surface area contributed by atoms with Crippen LogP contribution in [0.25, 0.3) is 0 Å². The van der Waals surface area contributed by atoms with E-state index in [1.807, 2.05) is 0 Å². The summed E-state index contributed by atoms with van der Waals surface area (Å²) in [5.41, 5.74) is 2.71. The first kappa shape index (κ1) is 14.3. The van der Waals surface area contributed by atoms with Gasteiger partial charge in [-0.15, -0.1) is 0 Å². The van der Waals surface area contributed by atoms with E-state index in [0.717, 1.165) is 0 Å². The molecule has 1 N–H and O–H groups in total. The maximum atomic E-state index is 8.65. The first-order valence-electron chi connectivity index (χ1n) is 5.74. The number of rotatable bonds is 4. The zero-order valence-corrected chi connectivity index (χ0v) is 11.4. The number of nitrogens with zero attached hydrogens (tertiary/aromatic N) is 4. The highest BCUT2D eigenvalue weighted by Crippen LogP contribution is 2.31. The van der Waals surface area contributed by atoms with Gasteiger partial charge in [0.2, 0.25) is 5.71 Å². The maximum Gasteiger partial charge on any atom is 0.237 e. The second-order valence-electron chi connectivity index (χ2n) is 3.73. The van der Waals surface area contributed by atoms with Crippen LogP contribution in [-0.2, 0) is 0 Å². The van der Waals surface area contributed by atoms with Crippen LogP contribution < -0.4 is 10.2 Å². The van der Waals surface area contributed by atoms with Crippen molar-refractivity contribution in [2.24, 2.45) is 5.10 Å². The molecule has 0 atom stereocenters. The Morgan fingerprint density at radius 2 is 2.10 bits per heavy atom. The smallest absolute Gasteiger partial charge is 0.237 e. The van der Waals surface area contributed by atoms with Crippen LogP contribution in [0, 0.1) is 22.7 Å². The predicted molar refractivity (Wildman–Crippen MR) is 78.0 cm³/mol. The minimum Gasteiger partial charge on any atom is -0.454 e. The molecular formula is C14H8ClN5O. The Morgan fingerprint density at radius 1 is 1.29 bits per heavy atom. The van der Waals surface area contributed by atoms with E-state index >= 15 is 0 Å². The molecule has 21 heavy (non-hydrogen) atoms. The molecule has 1 aromatic heterocycles. The normalized spacial score (nSPS) is 9.10. The number of hydrogen-bond donors (Lipinski definition) is 1. The SMILES string of the molecule is N#CC(C#N)=NNc1cc(Cl)ccc1Oc1cccnc1. The number of hydrazone groups is 1. The molecule has 1 aromatic carbocycles. The third kappa shape index (κ3) is 3.93. The van der Waals surface area contributed by atoms with Crippen molar-refractivity contribution >= 4 is 23.0 Å². The highest BCUT2D eigenvalue weighted by molar-refractivity contribution is 6.30. The molecule has 2 rings (SSSR count). The van der Waals surface area contributed by atoms with Crippen molar-refractivity contribution in [2.75, 3.05) is 5.43 Å². The Morgan fingerprint density at radius 3 is 2.76 bits per heavy atom. The Hall–Kier alpha value is -3.09. The standard InChI is InChI=1S/C14H8ClN5O/c15-10-3-4-14(21-12-2-1-5-18-9-12)13(6-10)20-19-11(7-16)8-17/h1-6,9,20H. The number of aromatic nitrogens is 1. The summed E-state index contributed by atoms with van der Waals surface area (Å²) in [5, 5.41) is 21.4. The third-order valence-corrected chi connectivity index (χ3v) is 2.54. The fraction of sp³-hybridized carbons (Fsp3) is 0. The highest BCUT2D eigenvalue weighted by Gasteiger charge is 2.06. The van der Waals surface area contributed by atoms with E-state index in [1.54, 1.807) is 54.9 Å². The van der Waals surface area contributed by atoms with Crippen LogP contribution in [-0.4, -0.2) is 10.7 Å². The molecule has 0 aliphatic carbocycles. The molecule has 2 aromatic rings. The topological polar surface area (TPSA) is 94.1 Å². The van der Waals surface area contributed by atoms with E-state index in [2.05, 4.69) is 15.5 Å². The van der Waals surface area contributed by atoms with Crippen LogP contribution >= 0.6 is 11.6 Å². The minimum absolute atomic E-state index is 0.303. The Kier molecular flexibility index (Phi) is 4.70. The molecule has 0 aliphatic heterocycles. The predicted octanol–water partition coefficient (Wildman–Crippen LogP) is 3.34. The van der Waals surface area contributed by atoms with Gasteiger partial charge in [0.25, 0.3) is 0 Å². The quantitative estimate of drug-likeness (QED) is 0.690. The van der Waals surface area contributed by atoms with Crippen molar-refractivity contribution in [3.8, 4) is 23.6 Å². The zero-order valence-electron chi connectivity index (χ0n) is 10.6. The van der Waals surface area contributed by atoms with Gasteiger partial charge < -0.3 is 4.74 Å². The molecule has 0 saturated heterocycles. The summed E-state index contributed by atoms with van der Waals surface area (Å²) < 4.78 is 5.65. The van der Waals surface area contributed by atoms with E-state index in [9.17, 15) is 0 Å². The molecule has 0 amide bonds. The molecule has 0 spiro atoms. The van der Waals surface area contributed by atoms with E-state index in [4.69, 9.17) is 26.9 Å². The first-order valence-corrected chi connectivity index (χ1v) is 6.12. The number of pyridine rings is 1. The van der Waals surface area contributed by atoms with Gasteiger partial charge in [-0.25, -0.2) is 0 Å². The van der Waals surface area contributed by atoms with E-state index in [1.165, 1.54) is 0 Å². The lowest BCUT2D eigenvalue weighted by Gasteiger charge is -2.10. The van der Waals surface area contributed by atoms with Crippen molar-refractivity contribution < 1.29 is 4.74 Å². The number of ether oxygens (including phenoxy) is 1. The molecule has 0 unspecified atom stereocenters. The number of halogens is 1. The number of anilines is 1. The van der Waals surface area contributed by atoms with Gasteiger partial charge in [-0.2, -0.15) is 15.6 Å². The number of hydrogen-bond acceptors (Lipinski definition) is 6. The lowest BCUT2D eigenvalue weighted by Crippen LogP contribution is -1.98. The molecule has 0 radical (unpaired) electrons. The van der Waals surface area contributed by atoms with Crippen molar-refractivity contribution in [2.45, 2.75) is 0 Å².